The van der Waals surface area contributed by atoms with E-state index in [1.54, 1.807) is 30.5 Å². The molecule has 216 valence electrons. The van der Waals surface area contributed by atoms with Gasteiger partial charge in [0.05, 0.1) is 5.69 Å². The summed E-state index contributed by atoms with van der Waals surface area (Å²) in [5.74, 6) is -0.297. The van der Waals surface area contributed by atoms with Crippen molar-refractivity contribution in [3.63, 3.8) is 0 Å². The molecule has 1 aliphatic rings. The predicted molar refractivity (Wildman–Crippen MR) is 165 cm³/mol. The Bertz CT molecular complexity index is 1670. The highest BCUT2D eigenvalue weighted by Crippen LogP contribution is 2.29. The standard InChI is InChI=1S/C33H35N5O4/c1-20-25(10-6-11-26(20)38-30(39)21-13-15-22(16-14-21)33(2,3)4)27-19-34-32(41)29(37-27)35-23-8-5-9-24(18-23)36-31(40)28-12-7-17-42-28/h5-6,8-11,13-16,18-19,28H,7,12,17H2,1-4H3,(H,34,41)(H,35,37)(H,36,40)(H,38,39). The van der Waals surface area contributed by atoms with E-state index >= 15 is 0 Å². The molecular formula is C33H35N5O4. The minimum absolute atomic E-state index is 0.000454. The molecular weight excluding hydrogens is 530 g/mol. The zero-order valence-corrected chi connectivity index (χ0v) is 24.2. The van der Waals surface area contributed by atoms with E-state index in [1.807, 2.05) is 49.4 Å². The molecule has 42 heavy (non-hydrogen) atoms. The molecule has 1 aromatic heterocycles. The van der Waals surface area contributed by atoms with Crippen molar-refractivity contribution < 1.29 is 14.3 Å². The van der Waals surface area contributed by atoms with E-state index < -0.39 is 11.7 Å². The molecule has 9 heteroatoms. The van der Waals surface area contributed by atoms with Crippen LogP contribution in [0.4, 0.5) is 22.9 Å². The van der Waals surface area contributed by atoms with Crippen molar-refractivity contribution in [2.75, 3.05) is 22.6 Å². The average molecular weight is 566 g/mol. The predicted octanol–water partition coefficient (Wildman–Crippen LogP) is 6.16. The van der Waals surface area contributed by atoms with Crippen LogP contribution in [0, 0.1) is 6.92 Å². The third kappa shape index (κ3) is 6.58. The lowest BCUT2D eigenvalue weighted by atomic mass is 9.86. The Balaban J connectivity index is 1.33. The van der Waals surface area contributed by atoms with Gasteiger partial charge in [-0.25, -0.2) is 4.98 Å². The van der Waals surface area contributed by atoms with Crippen molar-refractivity contribution in [2.45, 2.75) is 52.1 Å². The Morgan fingerprint density at radius 3 is 2.43 bits per heavy atom. The summed E-state index contributed by atoms with van der Waals surface area (Å²) in [6.07, 6.45) is 2.67. The maximum Gasteiger partial charge on any atom is 0.291 e. The topological polar surface area (TPSA) is 125 Å². The van der Waals surface area contributed by atoms with E-state index in [2.05, 4.69) is 46.7 Å². The minimum Gasteiger partial charge on any atom is -0.368 e. The molecule has 4 N–H and O–H groups in total. The smallest absolute Gasteiger partial charge is 0.291 e. The molecule has 2 heterocycles. The van der Waals surface area contributed by atoms with Gasteiger partial charge in [0.25, 0.3) is 17.4 Å². The highest BCUT2D eigenvalue weighted by atomic mass is 16.5. The summed E-state index contributed by atoms with van der Waals surface area (Å²) >= 11 is 0. The van der Waals surface area contributed by atoms with Gasteiger partial charge >= 0.3 is 0 Å². The molecule has 0 bridgehead atoms. The number of nitrogens with one attached hydrogen (secondary N) is 4. The van der Waals surface area contributed by atoms with Gasteiger partial charge in [-0.15, -0.1) is 0 Å². The molecule has 1 atom stereocenters. The van der Waals surface area contributed by atoms with Crippen LogP contribution in [0.5, 0.6) is 0 Å². The normalized spacial score (nSPS) is 14.8. The van der Waals surface area contributed by atoms with E-state index in [1.165, 1.54) is 0 Å². The zero-order valence-electron chi connectivity index (χ0n) is 24.2. The molecule has 2 amide bonds. The largest absolute Gasteiger partial charge is 0.368 e. The lowest BCUT2D eigenvalue weighted by Gasteiger charge is -2.19. The average Bonchev–Trinajstić information content (AvgIpc) is 3.51. The van der Waals surface area contributed by atoms with Crippen LogP contribution in [0.1, 0.15) is 55.1 Å². The van der Waals surface area contributed by atoms with E-state index in [9.17, 15) is 14.4 Å². The van der Waals surface area contributed by atoms with Crippen LogP contribution in [0.3, 0.4) is 0 Å². The van der Waals surface area contributed by atoms with Crippen molar-refractivity contribution in [3.8, 4) is 11.3 Å². The fraction of sp³-hybridized carbons (Fsp3) is 0.273. The second-order valence-electron chi connectivity index (χ2n) is 11.4. The molecule has 9 nitrogen and oxygen atoms in total. The molecule has 0 spiro atoms. The maximum absolute atomic E-state index is 13.0. The number of amides is 2. The van der Waals surface area contributed by atoms with Crippen LogP contribution in [0.25, 0.3) is 11.3 Å². The number of aromatic amines is 1. The van der Waals surface area contributed by atoms with Crippen molar-refractivity contribution in [2.24, 2.45) is 0 Å². The van der Waals surface area contributed by atoms with Crippen LogP contribution in [-0.2, 0) is 14.9 Å². The maximum atomic E-state index is 13.0. The molecule has 4 aromatic rings. The van der Waals surface area contributed by atoms with E-state index in [0.29, 0.717) is 41.3 Å². The van der Waals surface area contributed by atoms with Crippen LogP contribution < -0.4 is 21.5 Å². The summed E-state index contributed by atoms with van der Waals surface area (Å²) in [5, 5.41) is 8.93. The Labute approximate surface area is 244 Å². The lowest BCUT2D eigenvalue weighted by molar-refractivity contribution is -0.124. The molecule has 5 rings (SSSR count). The van der Waals surface area contributed by atoms with Crippen molar-refractivity contribution in [1.29, 1.82) is 0 Å². The third-order valence-electron chi connectivity index (χ3n) is 7.27. The van der Waals surface area contributed by atoms with Crippen LogP contribution in [0.2, 0.25) is 0 Å². The molecule has 0 saturated carbocycles. The first-order valence-corrected chi connectivity index (χ1v) is 14.0. The quantitative estimate of drug-likeness (QED) is 0.213. The van der Waals surface area contributed by atoms with Gasteiger partial charge in [0.2, 0.25) is 0 Å². The lowest BCUT2D eigenvalue weighted by Crippen LogP contribution is -2.26. The Morgan fingerprint density at radius 1 is 0.976 bits per heavy atom. The second-order valence-corrected chi connectivity index (χ2v) is 11.4. The molecule has 3 aromatic carbocycles. The van der Waals surface area contributed by atoms with Crippen molar-refractivity contribution in [1.82, 2.24) is 9.97 Å². The van der Waals surface area contributed by atoms with Gasteiger partial charge in [0.15, 0.2) is 5.82 Å². The number of benzene rings is 3. The monoisotopic (exact) mass is 565 g/mol. The van der Waals surface area contributed by atoms with E-state index in [0.717, 1.165) is 23.1 Å². The SMILES string of the molecule is Cc1c(NC(=O)c2ccc(C(C)(C)C)cc2)cccc1-c1c[nH]c(=O)c(Nc2cccc(NC(=O)C3CCCO3)c2)n1. The molecule has 1 unspecified atom stereocenters. The molecule has 0 aliphatic carbocycles. The summed E-state index contributed by atoms with van der Waals surface area (Å²) in [5.41, 5.74) is 5.24. The summed E-state index contributed by atoms with van der Waals surface area (Å²) in [7, 11) is 0. The number of anilines is 4. The number of H-pyrrole nitrogens is 1. The number of nitrogens with zero attached hydrogens (tertiary/aromatic N) is 1. The molecule has 1 aliphatic heterocycles. The fourth-order valence-electron chi connectivity index (χ4n) is 4.81. The summed E-state index contributed by atoms with van der Waals surface area (Å²) in [6, 6.07) is 20.2. The summed E-state index contributed by atoms with van der Waals surface area (Å²) < 4.78 is 5.45. The highest BCUT2D eigenvalue weighted by molar-refractivity contribution is 6.05. The number of aromatic nitrogens is 2. The number of carbonyl (C=O) groups is 2. The van der Waals surface area contributed by atoms with E-state index in [-0.39, 0.29) is 23.0 Å². The molecule has 1 fully saturated rings. The first-order chi connectivity index (χ1) is 20.1. The first-order valence-electron chi connectivity index (χ1n) is 14.0. The summed E-state index contributed by atoms with van der Waals surface area (Å²) in [4.78, 5) is 45.5. The van der Waals surface area contributed by atoms with Crippen molar-refractivity contribution in [3.05, 3.63) is 100.0 Å². The Kier molecular flexibility index (Phi) is 8.22. The van der Waals surface area contributed by atoms with Gasteiger partial charge in [-0.2, -0.15) is 0 Å². The van der Waals surface area contributed by atoms with Crippen LogP contribution >= 0.6 is 0 Å². The third-order valence-corrected chi connectivity index (χ3v) is 7.27. The highest BCUT2D eigenvalue weighted by Gasteiger charge is 2.23. The van der Waals surface area contributed by atoms with Crippen LogP contribution in [0.15, 0.2) is 77.7 Å². The van der Waals surface area contributed by atoms with Gasteiger partial charge in [-0.1, -0.05) is 51.1 Å². The van der Waals surface area contributed by atoms with Gasteiger partial charge in [0, 0.05) is 41.0 Å². The number of hydrogen-bond donors (Lipinski definition) is 4. The first kappa shape index (κ1) is 28.8. The number of carbonyl (C=O) groups excluding carboxylic acids is 2. The Hall–Kier alpha value is -4.76. The second kappa shape index (κ2) is 12.0. The van der Waals surface area contributed by atoms with Gasteiger partial charge in [-0.3, -0.25) is 14.4 Å². The molecule has 1 saturated heterocycles. The number of ether oxygens (including phenoxy) is 1. The van der Waals surface area contributed by atoms with Crippen molar-refractivity contribution >= 4 is 34.7 Å². The Morgan fingerprint density at radius 2 is 1.71 bits per heavy atom. The molecule has 0 radical (unpaired) electrons. The van der Waals surface area contributed by atoms with Gasteiger partial charge in [0.1, 0.15) is 6.10 Å². The van der Waals surface area contributed by atoms with Gasteiger partial charge < -0.3 is 25.7 Å². The fourth-order valence-corrected chi connectivity index (χ4v) is 4.81. The number of hydrogen-bond acceptors (Lipinski definition) is 6. The zero-order chi connectivity index (χ0) is 29.9. The van der Waals surface area contributed by atoms with Gasteiger partial charge in [-0.05, 0) is 72.7 Å². The van der Waals surface area contributed by atoms with Crippen LogP contribution in [-0.4, -0.2) is 34.5 Å². The summed E-state index contributed by atoms with van der Waals surface area (Å²) in [6.45, 7) is 8.88. The number of rotatable bonds is 7. The van der Waals surface area contributed by atoms with E-state index in [4.69, 9.17) is 4.74 Å². The minimum atomic E-state index is -0.444.